The van der Waals surface area contributed by atoms with Gasteiger partial charge in [-0.15, -0.1) is 0 Å². The van der Waals surface area contributed by atoms with E-state index in [0.29, 0.717) is 12.0 Å². The smallest absolute Gasteiger partial charge is 0.141 e. The van der Waals surface area contributed by atoms with Crippen molar-refractivity contribution in [2.45, 2.75) is 25.7 Å². The maximum Gasteiger partial charge on any atom is 0.141 e. The molecule has 0 rings (SSSR count). The Labute approximate surface area is 52.4 Å². The van der Waals surface area contributed by atoms with Crippen LogP contribution in [0.25, 0.3) is 0 Å². The first-order chi connectivity index (χ1) is 3.48. The summed E-state index contributed by atoms with van der Waals surface area (Å²) in [6.07, 6.45) is 0.705. The molecule has 0 amide bonds. The van der Waals surface area contributed by atoms with E-state index in [2.05, 4.69) is 15.8 Å². The molecule has 0 aliphatic carbocycles. The fourth-order valence-electron chi connectivity index (χ4n) is 0.346. The highest BCUT2D eigenvalue weighted by molar-refractivity contribution is 7.19. The van der Waals surface area contributed by atoms with Crippen molar-refractivity contribution >= 4 is 9.24 Å². The van der Waals surface area contributed by atoms with Crippen LogP contribution < -0.4 is 0 Å². The second-order valence-electron chi connectivity index (χ2n) is 2.03. The van der Waals surface area contributed by atoms with Gasteiger partial charge in [-0.25, -0.2) is 4.39 Å². The molecular weight excluding hydrogens is 122 g/mol. The molecule has 0 saturated heterocycles. The molecule has 8 heavy (non-hydrogen) atoms. The minimum atomic E-state index is -1.27. The highest BCUT2D eigenvalue weighted by atomic mass is 31.0. The molecule has 0 spiro atoms. The molecule has 0 bridgehead atoms. The van der Waals surface area contributed by atoms with E-state index in [0.717, 1.165) is 0 Å². The van der Waals surface area contributed by atoms with Crippen molar-refractivity contribution in [2.75, 3.05) is 0 Å². The van der Waals surface area contributed by atoms with E-state index in [1.165, 1.54) is 6.92 Å². The van der Waals surface area contributed by atoms with Crippen molar-refractivity contribution in [3.63, 3.8) is 0 Å². The number of rotatable bonds is 2. The lowest BCUT2D eigenvalue weighted by atomic mass is 10.1. The minimum Gasteiger partial charge on any atom is -0.235 e. The average Bonchev–Trinajstić information content (AvgIpc) is 1.62. The minimum absolute atomic E-state index is 0.627. The van der Waals surface area contributed by atoms with Crippen molar-refractivity contribution in [3.8, 4) is 0 Å². The van der Waals surface area contributed by atoms with Crippen LogP contribution in [-0.4, -0.2) is 5.41 Å². The highest BCUT2D eigenvalue weighted by Gasteiger charge is 2.17. The van der Waals surface area contributed by atoms with Crippen molar-refractivity contribution in [2.24, 2.45) is 0 Å². The third kappa shape index (κ3) is 2.42. The average molecular weight is 134 g/mol. The number of halogens is 1. The van der Waals surface area contributed by atoms with E-state index >= 15 is 0 Å². The Kier molecular flexibility index (Phi) is 2.62. The van der Waals surface area contributed by atoms with Gasteiger partial charge in [0.2, 0.25) is 0 Å². The summed E-state index contributed by atoms with van der Waals surface area (Å²) in [6.45, 7) is 6.93. The molecule has 0 radical (unpaired) electrons. The zero-order valence-electron chi connectivity index (χ0n) is 5.37. The zero-order chi connectivity index (χ0) is 6.78. The molecule has 2 unspecified atom stereocenters. The quantitative estimate of drug-likeness (QED) is 0.402. The number of allylic oxidation sites excluding steroid dienone is 1. The molecule has 2 heteroatoms. The van der Waals surface area contributed by atoms with Crippen LogP contribution in [0.5, 0.6) is 0 Å². The third-order valence-electron chi connectivity index (χ3n) is 1.12. The predicted octanol–water partition coefficient (Wildman–Crippen LogP) is 2.51. The van der Waals surface area contributed by atoms with Gasteiger partial charge in [-0.3, -0.25) is 0 Å². The Bertz CT molecular complexity index is 91.2. The summed E-state index contributed by atoms with van der Waals surface area (Å²) in [5, 5.41) is -1.27. The van der Waals surface area contributed by atoms with Crippen LogP contribution in [0.4, 0.5) is 4.39 Å². The van der Waals surface area contributed by atoms with Gasteiger partial charge in [-0.1, -0.05) is 22.7 Å². The molecule has 0 aromatic rings. The van der Waals surface area contributed by atoms with Gasteiger partial charge in [-0.2, -0.15) is 0 Å². The summed E-state index contributed by atoms with van der Waals surface area (Å²) >= 11 is 0. The number of alkyl halides is 1. The predicted molar refractivity (Wildman–Crippen MR) is 38.7 cm³/mol. The second kappa shape index (κ2) is 2.59. The molecule has 0 aromatic heterocycles. The fourth-order valence-corrected chi connectivity index (χ4v) is 0.550. The molecule has 0 nitrogen and oxygen atoms in total. The fraction of sp³-hybridized carbons (Fsp3) is 0.667. The molecule has 0 fully saturated rings. The Balaban J connectivity index is 3.82. The normalized spacial score (nSPS) is 17.5. The van der Waals surface area contributed by atoms with Crippen LogP contribution in [0.1, 0.15) is 20.3 Å². The number of hydrogen-bond acceptors (Lipinski definition) is 0. The van der Waals surface area contributed by atoms with Gasteiger partial charge >= 0.3 is 0 Å². The van der Waals surface area contributed by atoms with Gasteiger partial charge in [0, 0.05) is 0 Å². The van der Waals surface area contributed by atoms with E-state index in [1.807, 2.05) is 6.92 Å². The lowest BCUT2D eigenvalue weighted by Crippen LogP contribution is -2.08. The van der Waals surface area contributed by atoms with Gasteiger partial charge in [-0.05, 0) is 18.9 Å². The summed E-state index contributed by atoms with van der Waals surface area (Å²) in [5.41, 5.74) is 0.627. The second-order valence-corrected chi connectivity index (χ2v) is 3.12. The molecule has 0 heterocycles. The van der Waals surface area contributed by atoms with Gasteiger partial charge < -0.3 is 0 Å². The van der Waals surface area contributed by atoms with Crippen LogP contribution in [0.3, 0.4) is 0 Å². The molecule has 0 saturated carbocycles. The van der Waals surface area contributed by atoms with Gasteiger partial charge in [0.15, 0.2) is 0 Å². The van der Waals surface area contributed by atoms with Crippen LogP contribution in [0.15, 0.2) is 12.2 Å². The molecule has 0 aliphatic heterocycles. The van der Waals surface area contributed by atoms with Crippen LogP contribution >= 0.6 is 9.24 Å². The van der Waals surface area contributed by atoms with Crippen LogP contribution in [0.2, 0.25) is 0 Å². The van der Waals surface area contributed by atoms with Gasteiger partial charge in [0.05, 0.1) is 0 Å². The first-order valence-electron chi connectivity index (χ1n) is 2.64. The standard InChI is InChI=1S/C6H12FP/c1-4-5(2)6(3,7)8/h2,4,8H2,1,3H3. The SMILES string of the molecule is C=C(CC)C(C)(F)P. The summed E-state index contributed by atoms with van der Waals surface area (Å²) in [4.78, 5) is 0. The lowest BCUT2D eigenvalue weighted by molar-refractivity contribution is 0.360. The monoisotopic (exact) mass is 134 g/mol. The van der Waals surface area contributed by atoms with Crippen molar-refractivity contribution in [1.82, 2.24) is 0 Å². The van der Waals surface area contributed by atoms with Crippen LogP contribution in [-0.2, 0) is 0 Å². The summed E-state index contributed by atoms with van der Waals surface area (Å²) in [6, 6.07) is 0. The van der Waals surface area contributed by atoms with Gasteiger partial charge in [0.25, 0.3) is 0 Å². The molecule has 48 valence electrons. The molecule has 0 aromatic carbocycles. The van der Waals surface area contributed by atoms with E-state index in [1.54, 1.807) is 0 Å². The molecule has 0 aliphatic rings. The Morgan fingerprint density at radius 3 is 2.25 bits per heavy atom. The number of hydrogen-bond donors (Lipinski definition) is 0. The van der Waals surface area contributed by atoms with E-state index in [9.17, 15) is 4.39 Å². The zero-order valence-corrected chi connectivity index (χ0v) is 6.52. The largest absolute Gasteiger partial charge is 0.235 e. The van der Waals surface area contributed by atoms with E-state index in [4.69, 9.17) is 0 Å². The van der Waals surface area contributed by atoms with Crippen molar-refractivity contribution in [1.29, 1.82) is 0 Å². The molecular formula is C6H12FP. The summed E-state index contributed by atoms with van der Waals surface area (Å²) < 4.78 is 12.6. The lowest BCUT2D eigenvalue weighted by Gasteiger charge is -2.14. The third-order valence-corrected chi connectivity index (χ3v) is 1.53. The Morgan fingerprint density at radius 2 is 2.25 bits per heavy atom. The maximum atomic E-state index is 12.6. The van der Waals surface area contributed by atoms with E-state index < -0.39 is 5.41 Å². The maximum absolute atomic E-state index is 12.6. The Morgan fingerprint density at radius 1 is 1.88 bits per heavy atom. The topological polar surface area (TPSA) is 0 Å². The van der Waals surface area contributed by atoms with E-state index in [-0.39, 0.29) is 0 Å². The van der Waals surface area contributed by atoms with Crippen LogP contribution in [0, 0.1) is 0 Å². The molecule has 0 N–H and O–H groups in total. The van der Waals surface area contributed by atoms with Crippen molar-refractivity contribution in [3.05, 3.63) is 12.2 Å². The van der Waals surface area contributed by atoms with Gasteiger partial charge in [0.1, 0.15) is 5.41 Å². The van der Waals surface area contributed by atoms with Crippen molar-refractivity contribution < 1.29 is 4.39 Å². The highest BCUT2D eigenvalue weighted by Crippen LogP contribution is 2.28. The summed E-state index contributed by atoms with van der Waals surface area (Å²) in [5.74, 6) is 0. The Hall–Kier alpha value is 0.100. The molecule has 2 atom stereocenters. The first kappa shape index (κ1) is 8.10. The summed E-state index contributed by atoms with van der Waals surface area (Å²) in [7, 11) is 2.11. The first-order valence-corrected chi connectivity index (χ1v) is 3.22.